The van der Waals surface area contributed by atoms with Gasteiger partial charge in [-0.25, -0.2) is 0 Å². The fourth-order valence-electron chi connectivity index (χ4n) is 2.49. The third-order valence-electron chi connectivity index (χ3n) is 3.60. The molecule has 5 nitrogen and oxygen atoms in total. The SMILES string of the molecule is CC(O)c1cc([N+](=O)[O-])ccc1OCC1CCCC1. The second-order valence-electron chi connectivity index (χ2n) is 5.12. The fraction of sp³-hybridized carbons (Fsp3) is 0.571. The summed E-state index contributed by atoms with van der Waals surface area (Å²) in [7, 11) is 0. The molecule has 0 heterocycles. The molecule has 1 N–H and O–H groups in total. The maximum Gasteiger partial charge on any atom is 0.270 e. The maximum atomic E-state index is 10.7. The summed E-state index contributed by atoms with van der Waals surface area (Å²) in [6.07, 6.45) is 4.07. The molecule has 1 aliphatic carbocycles. The van der Waals surface area contributed by atoms with Crippen LogP contribution in [0.25, 0.3) is 0 Å². The number of hydrogen-bond acceptors (Lipinski definition) is 4. The van der Waals surface area contributed by atoms with Crippen molar-refractivity contribution in [2.24, 2.45) is 5.92 Å². The Morgan fingerprint density at radius 2 is 2.16 bits per heavy atom. The average Bonchev–Trinajstić information content (AvgIpc) is 2.89. The molecule has 0 saturated heterocycles. The second-order valence-corrected chi connectivity index (χ2v) is 5.12. The predicted octanol–water partition coefficient (Wildman–Crippen LogP) is 3.22. The van der Waals surface area contributed by atoms with Crippen LogP contribution < -0.4 is 4.74 Å². The molecule has 0 aliphatic heterocycles. The van der Waals surface area contributed by atoms with Gasteiger partial charge in [-0.2, -0.15) is 0 Å². The lowest BCUT2D eigenvalue weighted by atomic mass is 10.1. The van der Waals surface area contributed by atoms with Crippen LogP contribution in [0.2, 0.25) is 0 Å². The summed E-state index contributed by atoms with van der Waals surface area (Å²) in [6.45, 7) is 2.21. The van der Waals surface area contributed by atoms with Crippen molar-refractivity contribution in [3.05, 3.63) is 33.9 Å². The summed E-state index contributed by atoms with van der Waals surface area (Å²) in [5, 5.41) is 20.4. The Morgan fingerprint density at radius 1 is 1.47 bits per heavy atom. The first-order valence-corrected chi connectivity index (χ1v) is 6.67. The van der Waals surface area contributed by atoms with Crippen LogP contribution in [0.4, 0.5) is 5.69 Å². The van der Waals surface area contributed by atoms with Gasteiger partial charge >= 0.3 is 0 Å². The van der Waals surface area contributed by atoms with Crippen LogP contribution >= 0.6 is 0 Å². The molecule has 1 unspecified atom stereocenters. The zero-order valence-electron chi connectivity index (χ0n) is 11.0. The average molecular weight is 265 g/mol. The fourth-order valence-corrected chi connectivity index (χ4v) is 2.49. The number of nitro benzene ring substituents is 1. The van der Waals surface area contributed by atoms with Gasteiger partial charge in [-0.05, 0) is 31.7 Å². The molecule has 0 aromatic heterocycles. The number of hydrogen-bond donors (Lipinski definition) is 1. The molecule has 5 heteroatoms. The van der Waals surface area contributed by atoms with Crippen LogP contribution in [0, 0.1) is 16.0 Å². The lowest BCUT2D eigenvalue weighted by Gasteiger charge is -2.15. The van der Waals surface area contributed by atoms with Crippen LogP contribution in [-0.2, 0) is 0 Å². The summed E-state index contributed by atoms with van der Waals surface area (Å²) in [4.78, 5) is 10.3. The number of non-ortho nitro benzene ring substituents is 1. The minimum Gasteiger partial charge on any atom is -0.493 e. The predicted molar refractivity (Wildman–Crippen MR) is 71.2 cm³/mol. The van der Waals surface area contributed by atoms with Crippen LogP contribution in [-0.4, -0.2) is 16.6 Å². The number of aliphatic hydroxyl groups is 1. The molecule has 1 atom stereocenters. The smallest absolute Gasteiger partial charge is 0.270 e. The highest BCUT2D eigenvalue weighted by Gasteiger charge is 2.19. The third kappa shape index (κ3) is 3.44. The lowest BCUT2D eigenvalue weighted by Crippen LogP contribution is -2.10. The van der Waals surface area contributed by atoms with E-state index < -0.39 is 11.0 Å². The monoisotopic (exact) mass is 265 g/mol. The molecule has 104 valence electrons. The Kier molecular flexibility index (Phi) is 4.37. The summed E-state index contributed by atoms with van der Waals surface area (Å²) in [5.41, 5.74) is 0.455. The highest BCUT2D eigenvalue weighted by molar-refractivity contribution is 5.44. The Hall–Kier alpha value is -1.62. The summed E-state index contributed by atoms with van der Waals surface area (Å²) < 4.78 is 5.73. The second kappa shape index (κ2) is 6.02. The van der Waals surface area contributed by atoms with E-state index in [0.717, 1.165) is 0 Å². The molecular weight excluding hydrogens is 246 g/mol. The van der Waals surface area contributed by atoms with Gasteiger partial charge < -0.3 is 9.84 Å². The molecule has 0 amide bonds. The van der Waals surface area contributed by atoms with E-state index in [4.69, 9.17) is 4.74 Å². The van der Waals surface area contributed by atoms with Crippen molar-refractivity contribution in [1.82, 2.24) is 0 Å². The van der Waals surface area contributed by atoms with Crippen LogP contribution in [0.3, 0.4) is 0 Å². The number of aliphatic hydroxyl groups excluding tert-OH is 1. The van der Waals surface area contributed by atoms with E-state index in [-0.39, 0.29) is 5.69 Å². The Morgan fingerprint density at radius 3 is 2.74 bits per heavy atom. The Labute approximate surface area is 112 Å². The van der Waals surface area contributed by atoms with Crippen molar-refractivity contribution in [3.63, 3.8) is 0 Å². The number of ether oxygens (including phenoxy) is 1. The van der Waals surface area contributed by atoms with E-state index in [0.29, 0.717) is 23.8 Å². The largest absolute Gasteiger partial charge is 0.493 e. The molecule has 1 fully saturated rings. The standard InChI is InChI=1S/C14H19NO4/c1-10(16)13-8-12(15(17)18)6-7-14(13)19-9-11-4-2-3-5-11/h6-8,10-11,16H,2-5,9H2,1H3. The quantitative estimate of drug-likeness (QED) is 0.655. The highest BCUT2D eigenvalue weighted by Crippen LogP contribution is 2.31. The molecule has 1 aromatic rings. The van der Waals surface area contributed by atoms with E-state index in [1.54, 1.807) is 13.0 Å². The van der Waals surface area contributed by atoms with E-state index >= 15 is 0 Å². The molecule has 1 aliphatic rings. The van der Waals surface area contributed by atoms with Gasteiger partial charge in [0, 0.05) is 17.7 Å². The van der Waals surface area contributed by atoms with Crippen molar-refractivity contribution in [1.29, 1.82) is 0 Å². The van der Waals surface area contributed by atoms with E-state index in [1.165, 1.54) is 37.8 Å². The molecule has 19 heavy (non-hydrogen) atoms. The van der Waals surface area contributed by atoms with E-state index in [2.05, 4.69) is 0 Å². The lowest BCUT2D eigenvalue weighted by molar-refractivity contribution is -0.385. The van der Waals surface area contributed by atoms with E-state index in [9.17, 15) is 15.2 Å². The minimum absolute atomic E-state index is 0.0240. The van der Waals surface area contributed by atoms with Gasteiger partial charge in [0.25, 0.3) is 5.69 Å². The number of rotatable bonds is 5. The zero-order chi connectivity index (χ0) is 13.8. The van der Waals surface area contributed by atoms with Crippen molar-refractivity contribution in [2.75, 3.05) is 6.61 Å². The van der Waals surface area contributed by atoms with Crippen molar-refractivity contribution >= 4 is 5.69 Å². The Bertz CT molecular complexity index is 453. The van der Waals surface area contributed by atoms with Crippen molar-refractivity contribution in [2.45, 2.75) is 38.7 Å². The number of benzene rings is 1. The molecule has 1 aromatic carbocycles. The molecule has 2 rings (SSSR count). The normalized spacial score (nSPS) is 17.4. The van der Waals surface area contributed by atoms with Gasteiger partial charge in [-0.3, -0.25) is 10.1 Å². The van der Waals surface area contributed by atoms with Crippen molar-refractivity contribution < 1.29 is 14.8 Å². The third-order valence-corrected chi connectivity index (χ3v) is 3.60. The molecule has 0 radical (unpaired) electrons. The highest BCUT2D eigenvalue weighted by atomic mass is 16.6. The van der Waals surface area contributed by atoms with Crippen LogP contribution in [0.15, 0.2) is 18.2 Å². The van der Waals surface area contributed by atoms with E-state index in [1.807, 2.05) is 0 Å². The van der Waals surface area contributed by atoms with Gasteiger partial charge in [-0.15, -0.1) is 0 Å². The Balaban J connectivity index is 2.11. The molecule has 0 bridgehead atoms. The minimum atomic E-state index is -0.779. The summed E-state index contributed by atoms with van der Waals surface area (Å²) >= 11 is 0. The first-order valence-electron chi connectivity index (χ1n) is 6.67. The van der Waals surface area contributed by atoms with Crippen LogP contribution in [0.1, 0.15) is 44.3 Å². The number of nitrogens with zero attached hydrogens (tertiary/aromatic N) is 1. The molecular formula is C14H19NO4. The summed E-state index contributed by atoms with van der Waals surface area (Å²) in [6, 6.07) is 4.37. The number of nitro groups is 1. The molecule has 1 saturated carbocycles. The molecule has 0 spiro atoms. The topological polar surface area (TPSA) is 72.6 Å². The maximum absolute atomic E-state index is 10.7. The van der Waals surface area contributed by atoms with Gasteiger partial charge in [0.2, 0.25) is 0 Å². The summed E-state index contributed by atoms with van der Waals surface area (Å²) in [5.74, 6) is 1.12. The van der Waals surface area contributed by atoms with Gasteiger partial charge in [0.15, 0.2) is 0 Å². The first-order chi connectivity index (χ1) is 9.08. The van der Waals surface area contributed by atoms with Gasteiger partial charge in [0.1, 0.15) is 5.75 Å². The van der Waals surface area contributed by atoms with Crippen molar-refractivity contribution in [3.8, 4) is 5.75 Å². The van der Waals surface area contributed by atoms with Gasteiger partial charge in [-0.1, -0.05) is 12.8 Å². The van der Waals surface area contributed by atoms with Gasteiger partial charge in [0.05, 0.1) is 17.6 Å². The van der Waals surface area contributed by atoms with Crippen LogP contribution in [0.5, 0.6) is 5.75 Å². The first kappa shape index (κ1) is 13.8. The zero-order valence-corrected chi connectivity index (χ0v) is 11.0.